The molecule has 0 aliphatic carbocycles. The lowest BCUT2D eigenvalue weighted by atomic mass is 10.1. The third-order valence-electron chi connectivity index (χ3n) is 3.20. The van der Waals surface area contributed by atoms with Gasteiger partial charge in [-0.05, 0) is 24.7 Å². The van der Waals surface area contributed by atoms with Gasteiger partial charge in [-0.3, -0.25) is 4.68 Å². The van der Waals surface area contributed by atoms with Gasteiger partial charge in [0.1, 0.15) is 11.5 Å². The molecule has 2 aromatic rings. The van der Waals surface area contributed by atoms with E-state index in [1.54, 1.807) is 20.4 Å². The first-order chi connectivity index (χ1) is 9.78. The van der Waals surface area contributed by atoms with Crippen LogP contribution in [0.1, 0.15) is 18.5 Å². The van der Waals surface area contributed by atoms with Crippen molar-refractivity contribution in [1.82, 2.24) is 15.1 Å². The van der Waals surface area contributed by atoms with E-state index in [0.29, 0.717) is 0 Å². The average Bonchev–Trinajstić information content (AvgIpc) is 2.99. The largest absolute Gasteiger partial charge is 0.497 e. The molecule has 1 aromatic heterocycles. The summed E-state index contributed by atoms with van der Waals surface area (Å²) in [4.78, 5) is 0. The summed E-state index contributed by atoms with van der Waals surface area (Å²) in [5.74, 6) is 1.61. The molecule has 1 atom stereocenters. The highest BCUT2D eigenvalue weighted by Crippen LogP contribution is 2.30. The quantitative estimate of drug-likeness (QED) is 0.842. The molecule has 0 saturated heterocycles. The minimum absolute atomic E-state index is 0.140. The van der Waals surface area contributed by atoms with Crippen LogP contribution in [0.4, 0.5) is 0 Å². The van der Waals surface area contributed by atoms with Crippen LogP contribution >= 0.6 is 0 Å². The molecule has 1 unspecified atom stereocenters. The van der Waals surface area contributed by atoms with Crippen molar-refractivity contribution in [2.75, 3.05) is 20.8 Å². The van der Waals surface area contributed by atoms with Crippen molar-refractivity contribution in [2.45, 2.75) is 19.5 Å². The fourth-order valence-electron chi connectivity index (χ4n) is 2.22. The van der Waals surface area contributed by atoms with Gasteiger partial charge in [-0.2, -0.15) is 5.10 Å². The molecule has 1 heterocycles. The molecular formula is C15H21N3O2. The first-order valence-corrected chi connectivity index (χ1v) is 6.71. The standard InChI is InChI=1S/C15H21N3O2/c1-4-16-14(11-18-9-5-8-17-18)13-7-6-12(19-2)10-15(13)20-3/h5-10,14,16H,4,11H2,1-3H3. The van der Waals surface area contributed by atoms with Gasteiger partial charge in [-0.25, -0.2) is 0 Å². The van der Waals surface area contributed by atoms with Crippen LogP contribution in [-0.4, -0.2) is 30.5 Å². The molecular weight excluding hydrogens is 254 g/mol. The molecule has 1 aromatic carbocycles. The number of rotatable bonds is 7. The molecule has 0 amide bonds. The lowest BCUT2D eigenvalue weighted by molar-refractivity contribution is 0.375. The van der Waals surface area contributed by atoms with Crippen LogP contribution in [0.25, 0.3) is 0 Å². The van der Waals surface area contributed by atoms with Crippen LogP contribution in [0.5, 0.6) is 11.5 Å². The van der Waals surface area contributed by atoms with E-state index < -0.39 is 0 Å². The zero-order valence-corrected chi connectivity index (χ0v) is 12.2. The Morgan fingerprint density at radius 2 is 2.15 bits per heavy atom. The average molecular weight is 275 g/mol. The monoisotopic (exact) mass is 275 g/mol. The molecule has 0 aliphatic rings. The topological polar surface area (TPSA) is 48.3 Å². The van der Waals surface area contributed by atoms with Gasteiger partial charge in [0.05, 0.1) is 26.8 Å². The Morgan fingerprint density at radius 3 is 2.75 bits per heavy atom. The normalized spacial score (nSPS) is 12.2. The maximum absolute atomic E-state index is 5.48. The third-order valence-corrected chi connectivity index (χ3v) is 3.20. The lowest BCUT2D eigenvalue weighted by Crippen LogP contribution is -2.26. The van der Waals surface area contributed by atoms with Crippen molar-refractivity contribution < 1.29 is 9.47 Å². The van der Waals surface area contributed by atoms with E-state index in [4.69, 9.17) is 9.47 Å². The SMILES string of the molecule is CCNC(Cn1cccn1)c1ccc(OC)cc1OC. The molecule has 20 heavy (non-hydrogen) atoms. The molecule has 0 aliphatic heterocycles. The number of hydrogen-bond acceptors (Lipinski definition) is 4. The van der Waals surface area contributed by atoms with E-state index in [2.05, 4.69) is 17.3 Å². The van der Waals surface area contributed by atoms with Gasteiger partial charge in [0, 0.05) is 24.0 Å². The Kier molecular flexibility index (Phi) is 5.01. The summed E-state index contributed by atoms with van der Waals surface area (Å²) in [6, 6.07) is 7.96. The van der Waals surface area contributed by atoms with Crippen molar-refractivity contribution in [2.24, 2.45) is 0 Å². The van der Waals surface area contributed by atoms with Crippen molar-refractivity contribution in [1.29, 1.82) is 0 Å². The van der Waals surface area contributed by atoms with Crippen LogP contribution in [0.15, 0.2) is 36.7 Å². The van der Waals surface area contributed by atoms with E-state index >= 15 is 0 Å². The Morgan fingerprint density at radius 1 is 1.30 bits per heavy atom. The second kappa shape index (κ2) is 6.96. The van der Waals surface area contributed by atoms with E-state index in [0.717, 1.165) is 30.2 Å². The van der Waals surface area contributed by atoms with Crippen molar-refractivity contribution in [3.63, 3.8) is 0 Å². The van der Waals surface area contributed by atoms with Crippen molar-refractivity contribution >= 4 is 0 Å². The highest BCUT2D eigenvalue weighted by molar-refractivity contribution is 5.42. The molecule has 2 rings (SSSR count). The minimum atomic E-state index is 0.140. The van der Waals surface area contributed by atoms with E-state index in [-0.39, 0.29) is 6.04 Å². The summed E-state index contributed by atoms with van der Waals surface area (Å²) in [6.07, 6.45) is 3.74. The smallest absolute Gasteiger partial charge is 0.127 e. The second-order valence-electron chi connectivity index (χ2n) is 4.45. The molecule has 0 bridgehead atoms. The number of methoxy groups -OCH3 is 2. The van der Waals surface area contributed by atoms with Crippen LogP contribution in [-0.2, 0) is 6.54 Å². The van der Waals surface area contributed by atoms with Gasteiger partial charge in [0.25, 0.3) is 0 Å². The molecule has 5 nitrogen and oxygen atoms in total. The summed E-state index contributed by atoms with van der Waals surface area (Å²) in [6.45, 7) is 3.72. The van der Waals surface area contributed by atoms with E-state index in [9.17, 15) is 0 Å². The Balaban J connectivity index is 2.28. The minimum Gasteiger partial charge on any atom is -0.497 e. The summed E-state index contributed by atoms with van der Waals surface area (Å²) in [5, 5.41) is 7.73. The maximum atomic E-state index is 5.48. The van der Waals surface area contributed by atoms with Crippen LogP contribution < -0.4 is 14.8 Å². The number of hydrogen-bond donors (Lipinski definition) is 1. The summed E-state index contributed by atoms with van der Waals surface area (Å²) in [7, 11) is 3.33. The van der Waals surface area contributed by atoms with Crippen LogP contribution in [0.3, 0.4) is 0 Å². The number of nitrogens with zero attached hydrogens (tertiary/aromatic N) is 2. The molecule has 0 saturated carbocycles. The zero-order valence-electron chi connectivity index (χ0n) is 12.2. The maximum Gasteiger partial charge on any atom is 0.127 e. The highest BCUT2D eigenvalue weighted by atomic mass is 16.5. The third kappa shape index (κ3) is 3.30. The fourth-order valence-corrected chi connectivity index (χ4v) is 2.22. The van der Waals surface area contributed by atoms with Crippen LogP contribution in [0.2, 0.25) is 0 Å². The molecule has 1 N–H and O–H groups in total. The van der Waals surface area contributed by atoms with Crippen molar-refractivity contribution in [3.8, 4) is 11.5 Å². The Labute approximate surface area is 119 Å². The molecule has 0 fully saturated rings. The van der Waals surface area contributed by atoms with Gasteiger partial charge < -0.3 is 14.8 Å². The second-order valence-corrected chi connectivity index (χ2v) is 4.45. The van der Waals surface area contributed by atoms with E-state index in [1.807, 2.05) is 35.1 Å². The first-order valence-electron chi connectivity index (χ1n) is 6.71. The number of ether oxygens (including phenoxy) is 2. The molecule has 0 radical (unpaired) electrons. The fraction of sp³-hybridized carbons (Fsp3) is 0.400. The summed E-state index contributed by atoms with van der Waals surface area (Å²) >= 11 is 0. The van der Waals surface area contributed by atoms with Crippen LogP contribution in [0, 0.1) is 0 Å². The predicted octanol–water partition coefficient (Wildman–Crippen LogP) is 2.25. The molecule has 5 heteroatoms. The Bertz CT molecular complexity index is 526. The molecule has 108 valence electrons. The number of aromatic nitrogens is 2. The van der Waals surface area contributed by atoms with Crippen molar-refractivity contribution in [3.05, 3.63) is 42.2 Å². The van der Waals surface area contributed by atoms with E-state index in [1.165, 1.54) is 0 Å². The van der Waals surface area contributed by atoms with Gasteiger partial charge >= 0.3 is 0 Å². The highest BCUT2D eigenvalue weighted by Gasteiger charge is 2.16. The predicted molar refractivity (Wildman–Crippen MR) is 78.2 cm³/mol. The van der Waals surface area contributed by atoms with Gasteiger partial charge in [0.15, 0.2) is 0 Å². The number of benzene rings is 1. The zero-order chi connectivity index (χ0) is 14.4. The van der Waals surface area contributed by atoms with Gasteiger partial charge in [-0.1, -0.05) is 6.92 Å². The van der Waals surface area contributed by atoms with Gasteiger partial charge in [-0.15, -0.1) is 0 Å². The summed E-state index contributed by atoms with van der Waals surface area (Å²) < 4.78 is 12.6. The summed E-state index contributed by atoms with van der Waals surface area (Å²) in [5.41, 5.74) is 1.10. The Hall–Kier alpha value is -2.01. The molecule has 0 spiro atoms. The number of nitrogens with one attached hydrogen (secondary N) is 1. The number of likely N-dealkylation sites (N-methyl/N-ethyl adjacent to an activating group) is 1. The van der Waals surface area contributed by atoms with Gasteiger partial charge in [0.2, 0.25) is 0 Å². The first kappa shape index (κ1) is 14.4. The lowest BCUT2D eigenvalue weighted by Gasteiger charge is -2.21.